The summed E-state index contributed by atoms with van der Waals surface area (Å²) in [6.07, 6.45) is -1.69. The van der Waals surface area contributed by atoms with Crippen LogP contribution in [0, 0.1) is 17.8 Å². The molecule has 48 heavy (non-hydrogen) atoms. The molecule has 1 spiro atoms. The van der Waals surface area contributed by atoms with E-state index >= 15 is 0 Å². The lowest BCUT2D eigenvalue weighted by Gasteiger charge is -2.64. The topological polar surface area (TPSA) is 62.2 Å². The number of nitrogens with zero attached hydrogens (tertiary/aromatic N) is 2. The summed E-state index contributed by atoms with van der Waals surface area (Å²) >= 11 is 0. The SMILES string of the molecule is COc1ccc2c3c1O[C@H]1[C@@H](N(CC(C)C)C(=O)C#Cc4ccc(C(F)(F)F)cc4)CC[C@@]4(O)[C@@H](C2)N(CCc2ccccc2)CC[C@]314. The summed E-state index contributed by atoms with van der Waals surface area (Å²) in [5, 5.41) is 13.0. The molecule has 4 aliphatic rings. The van der Waals surface area contributed by atoms with Gasteiger partial charge in [-0.1, -0.05) is 56.2 Å². The molecule has 1 N–H and O–H groups in total. The van der Waals surface area contributed by atoms with Crippen molar-refractivity contribution in [3.8, 4) is 23.3 Å². The summed E-state index contributed by atoms with van der Waals surface area (Å²) in [5.74, 6) is 6.51. The van der Waals surface area contributed by atoms with Crippen LogP contribution in [0.2, 0.25) is 0 Å². The molecule has 0 radical (unpaired) electrons. The Hall–Kier alpha value is -4.00. The van der Waals surface area contributed by atoms with Gasteiger partial charge in [0.05, 0.1) is 29.7 Å². The highest BCUT2D eigenvalue weighted by Crippen LogP contribution is 2.66. The van der Waals surface area contributed by atoms with Crippen molar-refractivity contribution in [2.24, 2.45) is 5.92 Å². The van der Waals surface area contributed by atoms with Crippen molar-refractivity contribution in [3.63, 3.8) is 0 Å². The van der Waals surface area contributed by atoms with Gasteiger partial charge in [-0.2, -0.15) is 13.2 Å². The fraction of sp³-hybridized carbons (Fsp3) is 0.462. The second kappa shape index (κ2) is 12.2. The van der Waals surface area contributed by atoms with Crippen LogP contribution in [0.3, 0.4) is 0 Å². The normalized spacial score (nSPS) is 27.0. The number of carbonyl (C=O) groups is 1. The number of ether oxygens (including phenoxy) is 2. The number of piperidine rings is 1. The van der Waals surface area contributed by atoms with Gasteiger partial charge in [0.15, 0.2) is 11.5 Å². The van der Waals surface area contributed by atoms with E-state index in [0.29, 0.717) is 49.3 Å². The first-order valence-corrected chi connectivity index (χ1v) is 16.8. The van der Waals surface area contributed by atoms with Crippen LogP contribution in [-0.4, -0.2) is 71.3 Å². The minimum atomic E-state index is -4.45. The van der Waals surface area contributed by atoms with Crippen LogP contribution in [0.25, 0.3) is 0 Å². The molecule has 2 heterocycles. The minimum absolute atomic E-state index is 0.109. The molecular formula is C39H41F3N2O4. The second-order valence-corrected chi connectivity index (χ2v) is 14.1. The van der Waals surface area contributed by atoms with E-state index in [1.807, 2.05) is 26.0 Å². The highest BCUT2D eigenvalue weighted by atomic mass is 19.4. The van der Waals surface area contributed by atoms with Crippen LogP contribution in [0.4, 0.5) is 13.2 Å². The number of aliphatic hydroxyl groups is 1. The van der Waals surface area contributed by atoms with Gasteiger partial charge < -0.3 is 19.5 Å². The number of alkyl halides is 3. The maximum atomic E-state index is 14.0. The smallest absolute Gasteiger partial charge is 0.416 e. The van der Waals surface area contributed by atoms with Crippen molar-refractivity contribution in [1.29, 1.82) is 0 Å². The van der Waals surface area contributed by atoms with E-state index in [4.69, 9.17) is 9.47 Å². The Kier molecular flexibility index (Phi) is 8.24. The van der Waals surface area contributed by atoms with E-state index < -0.39 is 34.8 Å². The Morgan fingerprint density at radius 1 is 1.10 bits per heavy atom. The monoisotopic (exact) mass is 658 g/mol. The van der Waals surface area contributed by atoms with E-state index in [2.05, 4.69) is 47.1 Å². The Balaban J connectivity index is 1.24. The predicted molar refractivity (Wildman–Crippen MR) is 176 cm³/mol. The number of likely N-dealkylation sites (tertiary alicyclic amines) is 1. The quantitative estimate of drug-likeness (QED) is 0.315. The van der Waals surface area contributed by atoms with E-state index in [9.17, 15) is 23.1 Å². The van der Waals surface area contributed by atoms with Gasteiger partial charge >= 0.3 is 6.18 Å². The maximum Gasteiger partial charge on any atom is 0.416 e. The zero-order valence-corrected chi connectivity index (χ0v) is 27.5. The molecular weight excluding hydrogens is 617 g/mol. The second-order valence-electron chi connectivity index (χ2n) is 14.1. The van der Waals surface area contributed by atoms with Crippen molar-refractivity contribution in [2.45, 2.75) is 81.3 Å². The van der Waals surface area contributed by atoms with Crippen molar-refractivity contribution in [1.82, 2.24) is 9.80 Å². The van der Waals surface area contributed by atoms with Crippen molar-refractivity contribution < 1.29 is 32.5 Å². The largest absolute Gasteiger partial charge is 0.493 e. The third kappa shape index (κ3) is 5.25. The average Bonchev–Trinajstić information content (AvgIpc) is 3.42. The first-order chi connectivity index (χ1) is 23.0. The van der Waals surface area contributed by atoms with Gasteiger partial charge in [-0.15, -0.1) is 0 Å². The van der Waals surface area contributed by atoms with Crippen LogP contribution >= 0.6 is 0 Å². The highest BCUT2D eigenvalue weighted by molar-refractivity contribution is 5.94. The lowest BCUT2D eigenvalue weighted by molar-refractivity contribution is -0.200. The first kappa shape index (κ1) is 32.5. The Bertz CT molecular complexity index is 1750. The van der Waals surface area contributed by atoms with Crippen LogP contribution in [0.15, 0.2) is 66.7 Å². The van der Waals surface area contributed by atoms with Gasteiger partial charge in [0.1, 0.15) is 6.10 Å². The Labute approximate surface area is 279 Å². The van der Waals surface area contributed by atoms with Crippen molar-refractivity contribution in [3.05, 3.63) is 94.5 Å². The van der Waals surface area contributed by atoms with Crippen LogP contribution in [-0.2, 0) is 29.2 Å². The summed E-state index contributed by atoms with van der Waals surface area (Å²) in [7, 11) is 1.62. The molecule has 7 rings (SSSR count). The third-order valence-electron chi connectivity index (χ3n) is 11.0. The van der Waals surface area contributed by atoms with Gasteiger partial charge in [-0.25, -0.2) is 0 Å². The molecule has 2 aliphatic carbocycles. The standard InChI is InChI=1S/C39H41F3N2O4/c1-25(2)24-44(33(45)16-11-27-9-13-29(14-10-27)39(40,41)42)30-17-19-38(46)32-23-28-12-15-31(47-3)35-34(28)37(38,36(30)48-35)20-22-43(32)21-18-26-7-5-4-6-8-26/h4-10,12-15,25,30,32,36,46H,17-24H2,1-3H3/t30-,32+,36-,37-,38+/m0/s1. The highest BCUT2D eigenvalue weighted by Gasteiger charge is 2.73. The molecule has 2 bridgehead atoms. The zero-order valence-electron chi connectivity index (χ0n) is 27.5. The summed E-state index contributed by atoms with van der Waals surface area (Å²) in [4.78, 5) is 18.2. The molecule has 0 aromatic heterocycles. The minimum Gasteiger partial charge on any atom is -0.493 e. The average molecular weight is 659 g/mol. The van der Waals surface area contributed by atoms with Gasteiger partial charge in [-0.3, -0.25) is 9.69 Å². The Morgan fingerprint density at radius 2 is 1.85 bits per heavy atom. The molecule has 1 saturated carbocycles. The van der Waals surface area contributed by atoms with E-state index in [1.165, 1.54) is 17.7 Å². The van der Waals surface area contributed by atoms with Gasteiger partial charge in [-0.05, 0) is 86.0 Å². The number of hydrogen-bond donors (Lipinski definition) is 1. The molecule has 252 valence electrons. The van der Waals surface area contributed by atoms with Crippen LogP contribution in [0.1, 0.15) is 60.9 Å². The summed E-state index contributed by atoms with van der Waals surface area (Å²) in [6, 6.07) is 18.5. The molecule has 2 aliphatic heterocycles. The van der Waals surface area contributed by atoms with Crippen LogP contribution < -0.4 is 9.47 Å². The molecule has 5 atom stereocenters. The lowest BCUT2D eigenvalue weighted by Crippen LogP contribution is -2.78. The molecule has 2 fully saturated rings. The van der Waals surface area contributed by atoms with E-state index in [1.54, 1.807) is 12.0 Å². The summed E-state index contributed by atoms with van der Waals surface area (Å²) in [6.45, 7) is 6.11. The first-order valence-electron chi connectivity index (χ1n) is 16.8. The van der Waals surface area contributed by atoms with E-state index in [-0.39, 0.29) is 18.0 Å². The maximum absolute atomic E-state index is 14.0. The summed E-state index contributed by atoms with van der Waals surface area (Å²) in [5.41, 5.74) is 1.18. The lowest BCUT2D eigenvalue weighted by atomic mass is 9.48. The van der Waals surface area contributed by atoms with Gasteiger partial charge in [0, 0.05) is 36.2 Å². The zero-order chi connectivity index (χ0) is 33.8. The number of carbonyl (C=O) groups excluding carboxylic acids is 1. The van der Waals surface area contributed by atoms with Crippen molar-refractivity contribution >= 4 is 5.91 Å². The molecule has 3 aromatic rings. The van der Waals surface area contributed by atoms with Crippen LogP contribution in [0.5, 0.6) is 11.5 Å². The number of benzene rings is 3. The number of rotatable bonds is 7. The summed E-state index contributed by atoms with van der Waals surface area (Å²) < 4.78 is 52.0. The molecule has 0 unspecified atom stereocenters. The molecule has 3 aromatic carbocycles. The number of amides is 1. The number of methoxy groups -OCH3 is 1. The van der Waals surface area contributed by atoms with E-state index in [0.717, 1.165) is 42.8 Å². The molecule has 1 saturated heterocycles. The number of hydrogen-bond acceptors (Lipinski definition) is 5. The molecule has 6 nitrogen and oxygen atoms in total. The number of halogens is 3. The third-order valence-corrected chi connectivity index (χ3v) is 11.0. The molecule has 9 heteroatoms. The fourth-order valence-corrected chi connectivity index (χ4v) is 8.96. The fourth-order valence-electron chi connectivity index (χ4n) is 8.96. The van der Waals surface area contributed by atoms with Crippen molar-refractivity contribution in [2.75, 3.05) is 26.7 Å². The van der Waals surface area contributed by atoms with Gasteiger partial charge in [0.25, 0.3) is 5.91 Å². The van der Waals surface area contributed by atoms with Gasteiger partial charge in [0.2, 0.25) is 0 Å². The predicted octanol–water partition coefficient (Wildman–Crippen LogP) is 6.02. The Morgan fingerprint density at radius 3 is 2.54 bits per heavy atom. The molecule has 1 amide bonds.